The summed E-state index contributed by atoms with van der Waals surface area (Å²) in [5, 5.41) is 2.59. The van der Waals surface area contributed by atoms with Crippen molar-refractivity contribution >= 4 is 34.3 Å². The van der Waals surface area contributed by atoms with Crippen LogP contribution < -0.4 is 0 Å². The molecule has 2 aromatic heterocycles. The Morgan fingerprint density at radius 3 is 2.95 bits per heavy atom. The van der Waals surface area contributed by atoms with Crippen LogP contribution in [0.3, 0.4) is 0 Å². The van der Waals surface area contributed by atoms with Gasteiger partial charge in [-0.15, -0.1) is 11.8 Å². The number of rotatable bonds is 1. The van der Waals surface area contributed by atoms with E-state index in [0.717, 1.165) is 22.7 Å². The lowest BCUT2D eigenvalue weighted by molar-refractivity contribution is 0.856. The number of thioether (sulfide) groups is 1. The third kappa shape index (κ3) is 1.87. The summed E-state index contributed by atoms with van der Waals surface area (Å²) in [5.41, 5.74) is 7.00. The van der Waals surface area contributed by atoms with Crippen molar-refractivity contribution in [2.75, 3.05) is 5.75 Å². The summed E-state index contributed by atoms with van der Waals surface area (Å²) in [4.78, 5) is 7.51. The third-order valence-electron chi connectivity index (χ3n) is 4.29. The standard InChI is InChI=1S/C18H17N3S/c1-11-13(8-15-12(2)19-10-20-15)9-22-18-17(11)14-6-4-5-7-16(14)21(18)3/h4-8,10H,1,9H2,2-3H3,(H,19,20)/b13-8+. The first kappa shape index (κ1) is 13.5. The smallest absolute Gasteiger partial charge is 0.0929 e. The Labute approximate surface area is 133 Å². The van der Waals surface area contributed by atoms with Crippen LogP contribution in [0.4, 0.5) is 0 Å². The molecule has 3 heterocycles. The van der Waals surface area contributed by atoms with Crippen molar-refractivity contribution in [3.05, 3.63) is 59.7 Å². The van der Waals surface area contributed by atoms with Gasteiger partial charge < -0.3 is 9.55 Å². The third-order valence-corrected chi connectivity index (χ3v) is 5.49. The van der Waals surface area contributed by atoms with E-state index in [9.17, 15) is 0 Å². The van der Waals surface area contributed by atoms with Gasteiger partial charge in [0.25, 0.3) is 0 Å². The number of imidazole rings is 1. The van der Waals surface area contributed by atoms with Crippen molar-refractivity contribution in [3.63, 3.8) is 0 Å². The number of aryl methyl sites for hydroxylation is 2. The minimum Gasteiger partial charge on any atom is -0.348 e. The van der Waals surface area contributed by atoms with Crippen LogP contribution in [0.1, 0.15) is 17.0 Å². The molecular formula is C18H17N3S. The highest BCUT2D eigenvalue weighted by molar-refractivity contribution is 7.99. The molecular weight excluding hydrogens is 290 g/mol. The van der Waals surface area contributed by atoms with Gasteiger partial charge in [0, 0.05) is 35.0 Å². The summed E-state index contributed by atoms with van der Waals surface area (Å²) in [6.07, 6.45) is 3.90. The average molecular weight is 307 g/mol. The molecule has 1 aliphatic rings. The van der Waals surface area contributed by atoms with Crippen molar-refractivity contribution in [1.29, 1.82) is 0 Å². The molecule has 0 spiro atoms. The molecule has 0 radical (unpaired) electrons. The van der Waals surface area contributed by atoms with E-state index in [2.05, 4.69) is 58.5 Å². The van der Waals surface area contributed by atoms with Gasteiger partial charge in [-0.1, -0.05) is 24.8 Å². The van der Waals surface area contributed by atoms with Gasteiger partial charge in [0.2, 0.25) is 0 Å². The van der Waals surface area contributed by atoms with Crippen LogP contribution in [0.5, 0.6) is 0 Å². The van der Waals surface area contributed by atoms with Crippen molar-refractivity contribution < 1.29 is 0 Å². The number of hydrogen-bond donors (Lipinski definition) is 1. The minimum atomic E-state index is 0.933. The Hall–Kier alpha value is -2.20. The highest BCUT2D eigenvalue weighted by Crippen LogP contribution is 2.44. The number of nitrogens with one attached hydrogen (secondary N) is 1. The molecule has 0 atom stereocenters. The molecule has 1 aromatic carbocycles. The molecule has 0 saturated heterocycles. The molecule has 110 valence electrons. The highest BCUT2D eigenvalue weighted by atomic mass is 32.2. The van der Waals surface area contributed by atoms with E-state index in [-0.39, 0.29) is 0 Å². The first-order valence-electron chi connectivity index (χ1n) is 7.27. The monoisotopic (exact) mass is 307 g/mol. The lowest BCUT2D eigenvalue weighted by Gasteiger charge is -2.19. The van der Waals surface area contributed by atoms with Gasteiger partial charge in [0.05, 0.1) is 17.0 Å². The van der Waals surface area contributed by atoms with Crippen molar-refractivity contribution in [2.24, 2.45) is 7.05 Å². The molecule has 3 nitrogen and oxygen atoms in total. The van der Waals surface area contributed by atoms with Gasteiger partial charge in [-0.25, -0.2) is 4.98 Å². The van der Waals surface area contributed by atoms with Crippen LogP contribution >= 0.6 is 11.8 Å². The quantitative estimate of drug-likeness (QED) is 0.722. The molecule has 3 aromatic rings. The second-order valence-electron chi connectivity index (χ2n) is 5.61. The predicted molar refractivity (Wildman–Crippen MR) is 94.0 cm³/mol. The second kappa shape index (κ2) is 4.92. The number of allylic oxidation sites excluding steroid dienone is 1. The fraction of sp³-hybridized carbons (Fsp3) is 0.167. The van der Waals surface area contributed by atoms with Gasteiger partial charge in [-0.2, -0.15) is 0 Å². The van der Waals surface area contributed by atoms with E-state index in [1.165, 1.54) is 27.1 Å². The van der Waals surface area contributed by atoms with E-state index in [4.69, 9.17) is 0 Å². The maximum absolute atomic E-state index is 4.38. The fourth-order valence-electron chi connectivity index (χ4n) is 3.03. The van der Waals surface area contributed by atoms with Crippen LogP contribution in [0.25, 0.3) is 22.6 Å². The second-order valence-corrected chi connectivity index (χ2v) is 6.57. The van der Waals surface area contributed by atoms with E-state index in [1.807, 2.05) is 18.7 Å². The Kier molecular flexibility index (Phi) is 3.01. The summed E-state index contributed by atoms with van der Waals surface area (Å²) < 4.78 is 2.27. The average Bonchev–Trinajstić information content (AvgIpc) is 3.05. The van der Waals surface area contributed by atoms with Gasteiger partial charge in [-0.05, 0) is 30.2 Å². The molecule has 4 rings (SSSR count). The zero-order valence-corrected chi connectivity index (χ0v) is 13.5. The van der Waals surface area contributed by atoms with Gasteiger partial charge in [0.1, 0.15) is 0 Å². The van der Waals surface area contributed by atoms with Crippen molar-refractivity contribution in [2.45, 2.75) is 11.9 Å². The number of fused-ring (bicyclic) bond motifs is 3. The normalized spacial score (nSPS) is 16.5. The fourth-order valence-corrected chi connectivity index (χ4v) is 4.25. The molecule has 0 fully saturated rings. The lowest BCUT2D eigenvalue weighted by Crippen LogP contribution is -2.02. The topological polar surface area (TPSA) is 33.6 Å². The zero-order valence-electron chi connectivity index (χ0n) is 12.7. The highest BCUT2D eigenvalue weighted by Gasteiger charge is 2.24. The van der Waals surface area contributed by atoms with Gasteiger partial charge in [0.15, 0.2) is 0 Å². The summed E-state index contributed by atoms with van der Waals surface area (Å²) in [7, 11) is 2.13. The van der Waals surface area contributed by atoms with Crippen molar-refractivity contribution in [1.82, 2.24) is 14.5 Å². The Bertz CT molecular complexity index is 927. The SMILES string of the molecule is C=C1/C(=C/c2nc[nH]c2C)CSc2c1c1ccccc1n2C. The van der Waals surface area contributed by atoms with Crippen LogP contribution in [0, 0.1) is 6.92 Å². The summed E-state index contributed by atoms with van der Waals surface area (Å²) in [6.45, 7) is 6.42. The molecule has 0 saturated carbocycles. The van der Waals surface area contributed by atoms with E-state index >= 15 is 0 Å². The molecule has 0 bridgehead atoms. The molecule has 0 aliphatic carbocycles. The number of H-pyrrole nitrogens is 1. The minimum absolute atomic E-state index is 0.933. The van der Waals surface area contributed by atoms with E-state index < -0.39 is 0 Å². The first-order valence-corrected chi connectivity index (χ1v) is 8.26. The summed E-state index contributed by atoms with van der Waals surface area (Å²) >= 11 is 1.88. The van der Waals surface area contributed by atoms with E-state index in [1.54, 1.807) is 6.33 Å². The largest absolute Gasteiger partial charge is 0.348 e. The number of hydrogen-bond acceptors (Lipinski definition) is 2. The molecule has 22 heavy (non-hydrogen) atoms. The Balaban J connectivity index is 1.89. The van der Waals surface area contributed by atoms with Gasteiger partial charge in [-0.3, -0.25) is 0 Å². The summed E-state index contributed by atoms with van der Waals surface area (Å²) in [5.74, 6) is 0.933. The van der Waals surface area contributed by atoms with Crippen LogP contribution in [0.2, 0.25) is 0 Å². The van der Waals surface area contributed by atoms with Crippen LogP contribution in [-0.2, 0) is 7.05 Å². The van der Waals surface area contributed by atoms with E-state index in [0.29, 0.717) is 0 Å². The number of benzene rings is 1. The molecule has 1 N–H and O–H groups in total. The maximum Gasteiger partial charge on any atom is 0.0929 e. The number of para-hydroxylation sites is 1. The number of aromatic nitrogens is 3. The number of aromatic amines is 1. The molecule has 1 aliphatic heterocycles. The van der Waals surface area contributed by atoms with Crippen molar-refractivity contribution in [3.8, 4) is 0 Å². The Morgan fingerprint density at radius 1 is 1.36 bits per heavy atom. The lowest BCUT2D eigenvalue weighted by atomic mass is 9.98. The molecule has 0 amide bonds. The van der Waals surface area contributed by atoms with Crippen LogP contribution in [-0.4, -0.2) is 20.3 Å². The predicted octanol–water partition coefficient (Wildman–Crippen LogP) is 4.41. The Morgan fingerprint density at radius 2 is 2.18 bits per heavy atom. The molecule has 0 unspecified atom stereocenters. The van der Waals surface area contributed by atoms with Gasteiger partial charge >= 0.3 is 0 Å². The van der Waals surface area contributed by atoms with Crippen LogP contribution in [0.15, 0.2) is 47.8 Å². The maximum atomic E-state index is 4.38. The molecule has 4 heteroatoms. The number of nitrogens with zero attached hydrogens (tertiary/aromatic N) is 2. The zero-order chi connectivity index (χ0) is 15.3. The summed E-state index contributed by atoms with van der Waals surface area (Å²) in [6, 6.07) is 8.53. The first-order chi connectivity index (χ1) is 10.7.